The van der Waals surface area contributed by atoms with E-state index in [9.17, 15) is 0 Å². The third kappa shape index (κ3) is 4.63. The maximum absolute atomic E-state index is 5.30. The van der Waals surface area contributed by atoms with Gasteiger partial charge in [-0.2, -0.15) is 0 Å². The summed E-state index contributed by atoms with van der Waals surface area (Å²) in [7, 11) is 0. The van der Waals surface area contributed by atoms with Gasteiger partial charge in [0.2, 0.25) is 0 Å². The average molecular weight is 657 g/mol. The van der Waals surface area contributed by atoms with Crippen molar-refractivity contribution in [1.29, 1.82) is 0 Å². The number of aromatic nitrogens is 4. The SMILES string of the molecule is c1ccc(-c2cccc(-c3nc(-c4ccccc4-n4c5ccccc5c5ccccc54)nc(-c4cccc5c4sc4ccccc45)n3)c2)cc1. The van der Waals surface area contributed by atoms with Crippen molar-refractivity contribution in [2.45, 2.75) is 0 Å². The van der Waals surface area contributed by atoms with E-state index in [2.05, 4.69) is 168 Å². The molecule has 0 bridgehead atoms. The van der Waals surface area contributed by atoms with Crippen LogP contribution in [0.25, 0.3) is 93.0 Å². The van der Waals surface area contributed by atoms with Crippen molar-refractivity contribution in [2.75, 3.05) is 0 Å². The van der Waals surface area contributed by atoms with Crippen LogP contribution in [0.15, 0.2) is 170 Å². The fraction of sp³-hybridized carbons (Fsp3) is 0. The summed E-state index contributed by atoms with van der Waals surface area (Å²) in [5, 5.41) is 4.88. The molecule has 0 N–H and O–H groups in total. The van der Waals surface area contributed by atoms with Gasteiger partial charge in [-0.1, -0.05) is 127 Å². The molecule has 7 aromatic carbocycles. The molecule has 0 fully saturated rings. The van der Waals surface area contributed by atoms with Crippen molar-refractivity contribution in [2.24, 2.45) is 0 Å². The fourth-order valence-electron chi connectivity index (χ4n) is 7.18. The quantitative estimate of drug-likeness (QED) is 0.185. The van der Waals surface area contributed by atoms with Gasteiger partial charge in [0.05, 0.1) is 16.7 Å². The third-order valence-corrected chi connectivity index (χ3v) is 10.7. The summed E-state index contributed by atoms with van der Waals surface area (Å²) in [6.07, 6.45) is 0. The van der Waals surface area contributed by atoms with Crippen LogP contribution in [0.4, 0.5) is 0 Å². The Morgan fingerprint density at radius 3 is 1.72 bits per heavy atom. The molecule has 0 unspecified atom stereocenters. The summed E-state index contributed by atoms with van der Waals surface area (Å²) in [5.41, 5.74) is 8.44. The number of rotatable bonds is 5. The predicted octanol–water partition coefficient (Wildman–Crippen LogP) is 12.0. The van der Waals surface area contributed by atoms with Crippen LogP contribution in [-0.4, -0.2) is 19.5 Å². The van der Waals surface area contributed by atoms with Crippen LogP contribution in [-0.2, 0) is 0 Å². The van der Waals surface area contributed by atoms with Crippen LogP contribution in [0.5, 0.6) is 0 Å². The van der Waals surface area contributed by atoms with Gasteiger partial charge in [-0.3, -0.25) is 0 Å². The minimum absolute atomic E-state index is 0.630. The fourth-order valence-corrected chi connectivity index (χ4v) is 8.39. The molecular formula is C45H28N4S. The van der Waals surface area contributed by atoms with Crippen LogP contribution in [0, 0.1) is 0 Å². The Hall–Kier alpha value is -6.43. The highest BCUT2D eigenvalue weighted by molar-refractivity contribution is 7.26. The van der Waals surface area contributed by atoms with Gasteiger partial charge in [-0.25, -0.2) is 15.0 Å². The van der Waals surface area contributed by atoms with Crippen molar-refractivity contribution >= 4 is 53.3 Å². The van der Waals surface area contributed by atoms with E-state index in [4.69, 9.17) is 15.0 Å². The average Bonchev–Trinajstić information content (AvgIpc) is 3.74. The van der Waals surface area contributed by atoms with Crippen molar-refractivity contribution < 1.29 is 0 Å². The number of benzene rings is 7. The molecule has 0 atom stereocenters. The smallest absolute Gasteiger partial charge is 0.166 e. The van der Waals surface area contributed by atoms with Crippen molar-refractivity contribution in [3.8, 4) is 51.0 Å². The molecule has 3 aromatic heterocycles. The minimum Gasteiger partial charge on any atom is -0.309 e. The zero-order chi connectivity index (χ0) is 33.0. The number of thiophene rings is 1. The van der Waals surface area contributed by atoms with E-state index >= 15 is 0 Å². The third-order valence-electron chi connectivity index (χ3n) is 9.47. The topological polar surface area (TPSA) is 43.6 Å². The van der Waals surface area contributed by atoms with Gasteiger partial charge in [-0.15, -0.1) is 11.3 Å². The number of fused-ring (bicyclic) bond motifs is 6. The lowest BCUT2D eigenvalue weighted by Crippen LogP contribution is -2.03. The first kappa shape index (κ1) is 28.6. The number of para-hydroxylation sites is 3. The van der Waals surface area contributed by atoms with Gasteiger partial charge in [0.1, 0.15) is 0 Å². The Labute approximate surface area is 292 Å². The first-order valence-corrected chi connectivity index (χ1v) is 17.5. The Kier molecular flexibility index (Phi) is 6.64. The second-order valence-corrected chi connectivity index (χ2v) is 13.5. The molecule has 0 saturated carbocycles. The molecule has 5 heteroatoms. The Morgan fingerprint density at radius 1 is 0.380 bits per heavy atom. The molecule has 0 radical (unpaired) electrons. The minimum atomic E-state index is 0.630. The lowest BCUT2D eigenvalue weighted by atomic mass is 10.0. The number of hydrogen-bond donors (Lipinski definition) is 0. The summed E-state index contributed by atoms with van der Waals surface area (Å²) >= 11 is 1.79. The Morgan fingerprint density at radius 2 is 0.920 bits per heavy atom. The maximum atomic E-state index is 5.30. The van der Waals surface area contributed by atoms with Gasteiger partial charge >= 0.3 is 0 Å². The van der Waals surface area contributed by atoms with Gasteiger partial charge in [-0.05, 0) is 53.6 Å². The number of hydrogen-bond acceptors (Lipinski definition) is 4. The summed E-state index contributed by atoms with van der Waals surface area (Å²) in [6, 6.07) is 59.6. The van der Waals surface area contributed by atoms with E-state index in [1.165, 1.54) is 30.9 Å². The highest BCUT2D eigenvalue weighted by atomic mass is 32.1. The zero-order valence-corrected chi connectivity index (χ0v) is 27.7. The molecule has 10 rings (SSSR count). The van der Waals surface area contributed by atoms with Crippen LogP contribution in [0.2, 0.25) is 0 Å². The molecule has 50 heavy (non-hydrogen) atoms. The van der Waals surface area contributed by atoms with Gasteiger partial charge in [0.15, 0.2) is 17.5 Å². The van der Waals surface area contributed by atoms with Gasteiger partial charge < -0.3 is 4.57 Å². The van der Waals surface area contributed by atoms with E-state index in [1.807, 2.05) is 6.07 Å². The lowest BCUT2D eigenvalue weighted by molar-refractivity contribution is 1.07. The standard InChI is InChI=1S/C45H28N4S/c1-2-14-29(15-3-1)30-16-12-17-31(28-30)43-46-44(48-45(47-43)37-23-13-22-35-34-20-7-11-27-41(34)50-42(35)37)36-21-6-10-26-40(36)49-38-24-8-4-18-32(38)33-19-5-9-25-39(33)49/h1-28H. The summed E-state index contributed by atoms with van der Waals surface area (Å²) in [5.74, 6) is 1.92. The normalized spacial score (nSPS) is 11.6. The highest BCUT2D eigenvalue weighted by Gasteiger charge is 2.20. The van der Waals surface area contributed by atoms with Crippen molar-refractivity contribution in [3.05, 3.63) is 170 Å². The summed E-state index contributed by atoms with van der Waals surface area (Å²) in [6.45, 7) is 0. The van der Waals surface area contributed by atoms with Gasteiger partial charge in [0.25, 0.3) is 0 Å². The molecule has 0 saturated heterocycles. The Balaban J connectivity index is 1.24. The Bertz CT molecular complexity index is 2830. The van der Waals surface area contributed by atoms with Crippen molar-refractivity contribution in [3.63, 3.8) is 0 Å². The van der Waals surface area contributed by atoms with E-state index in [0.29, 0.717) is 17.5 Å². The van der Waals surface area contributed by atoms with Crippen molar-refractivity contribution in [1.82, 2.24) is 19.5 Å². The zero-order valence-electron chi connectivity index (χ0n) is 26.9. The summed E-state index contributed by atoms with van der Waals surface area (Å²) < 4.78 is 4.76. The molecular weight excluding hydrogens is 629 g/mol. The van der Waals surface area contributed by atoms with E-state index in [-0.39, 0.29) is 0 Å². The molecule has 0 spiro atoms. The molecule has 0 amide bonds. The molecule has 0 aliphatic carbocycles. The monoisotopic (exact) mass is 656 g/mol. The van der Waals surface area contributed by atoms with E-state index in [1.54, 1.807) is 11.3 Å². The number of nitrogens with zero attached hydrogens (tertiary/aromatic N) is 4. The molecule has 4 nitrogen and oxygen atoms in total. The van der Waals surface area contributed by atoms with E-state index < -0.39 is 0 Å². The largest absolute Gasteiger partial charge is 0.309 e. The summed E-state index contributed by atoms with van der Waals surface area (Å²) in [4.78, 5) is 15.8. The van der Waals surface area contributed by atoms with Crippen LogP contribution >= 0.6 is 11.3 Å². The molecule has 10 aromatic rings. The molecule has 0 aliphatic heterocycles. The van der Waals surface area contributed by atoms with E-state index in [0.717, 1.165) is 44.5 Å². The molecule has 0 aliphatic rings. The maximum Gasteiger partial charge on any atom is 0.166 e. The highest BCUT2D eigenvalue weighted by Crippen LogP contribution is 2.41. The lowest BCUT2D eigenvalue weighted by Gasteiger charge is -2.15. The van der Waals surface area contributed by atoms with Gasteiger partial charge in [0, 0.05) is 47.6 Å². The van der Waals surface area contributed by atoms with Crippen LogP contribution in [0.3, 0.4) is 0 Å². The predicted molar refractivity (Wildman–Crippen MR) is 209 cm³/mol. The second-order valence-electron chi connectivity index (χ2n) is 12.4. The molecule has 234 valence electrons. The first-order chi connectivity index (χ1) is 24.8. The first-order valence-electron chi connectivity index (χ1n) is 16.7. The van der Waals surface area contributed by atoms with Crippen LogP contribution in [0.1, 0.15) is 0 Å². The second kappa shape index (κ2) is 11.6. The molecule has 3 heterocycles. The van der Waals surface area contributed by atoms with Crippen LogP contribution < -0.4 is 0 Å².